The molecule has 0 spiro atoms. The number of pyridine rings is 1. The van der Waals surface area contributed by atoms with E-state index in [1.807, 2.05) is 20.0 Å². The van der Waals surface area contributed by atoms with Crippen molar-refractivity contribution in [3.05, 3.63) is 40.3 Å². The lowest BCUT2D eigenvalue weighted by molar-refractivity contribution is 0.644. The SMILES string of the molecule is CCC(N)Cc1cnc(-n2cc(Cl)c(C)n2)c(C)c1. The highest BCUT2D eigenvalue weighted by Crippen LogP contribution is 2.18. The predicted octanol–water partition coefficient (Wildman–Crippen LogP) is 2.82. The lowest BCUT2D eigenvalue weighted by Crippen LogP contribution is -2.21. The van der Waals surface area contributed by atoms with Crippen LogP contribution in [0.5, 0.6) is 0 Å². The third kappa shape index (κ3) is 3.14. The molecule has 0 amide bonds. The van der Waals surface area contributed by atoms with Gasteiger partial charge in [-0.1, -0.05) is 24.6 Å². The maximum Gasteiger partial charge on any atom is 0.156 e. The minimum Gasteiger partial charge on any atom is -0.327 e. The van der Waals surface area contributed by atoms with Crippen molar-refractivity contribution in [2.24, 2.45) is 5.73 Å². The van der Waals surface area contributed by atoms with Crippen molar-refractivity contribution >= 4 is 11.6 Å². The first-order valence-electron chi connectivity index (χ1n) is 6.44. The van der Waals surface area contributed by atoms with Gasteiger partial charge in [-0.15, -0.1) is 0 Å². The Kier molecular flexibility index (Phi) is 4.22. The van der Waals surface area contributed by atoms with Gasteiger partial charge in [0.25, 0.3) is 0 Å². The molecule has 0 aliphatic heterocycles. The summed E-state index contributed by atoms with van der Waals surface area (Å²) in [6.07, 6.45) is 5.46. The molecule has 2 aromatic heterocycles. The van der Waals surface area contributed by atoms with E-state index in [1.54, 1.807) is 10.9 Å². The van der Waals surface area contributed by atoms with E-state index < -0.39 is 0 Å². The highest BCUT2D eigenvalue weighted by molar-refractivity contribution is 6.31. The van der Waals surface area contributed by atoms with E-state index in [4.69, 9.17) is 17.3 Å². The zero-order valence-electron chi connectivity index (χ0n) is 11.5. The third-order valence-electron chi connectivity index (χ3n) is 3.19. The number of hydrogen-bond acceptors (Lipinski definition) is 3. The molecule has 2 rings (SSSR count). The lowest BCUT2D eigenvalue weighted by Gasteiger charge is -2.11. The Morgan fingerprint density at radius 1 is 1.42 bits per heavy atom. The fourth-order valence-corrected chi connectivity index (χ4v) is 2.10. The first-order valence-corrected chi connectivity index (χ1v) is 6.82. The average Bonchev–Trinajstić information content (AvgIpc) is 2.69. The molecule has 0 saturated carbocycles. The summed E-state index contributed by atoms with van der Waals surface area (Å²) in [5, 5.41) is 5.00. The van der Waals surface area contributed by atoms with Crippen LogP contribution < -0.4 is 5.73 Å². The molecule has 1 unspecified atom stereocenters. The molecule has 2 N–H and O–H groups in total. The number of nitrogens with zero attached hydrogens (tertiary/aromatic N) is 3. The Labute approximate surface area is 118 Å². The van der Waals surface area contributed by atoms with E-state index in [0.29, 0.717) is 5.02 Å². The first-order chi connectivity index (χ1) is 9.01. The molecule has 2 heterocycles. The van der Waals surface area contributed by atoms with Gasteiger partial charge >= 0.3 is 0 Å². The van der Waals surface area contributed by atoms with Crippen LogP contribution in [0.3, 0.4) is 0 Å². The van der Waals surface area contributed by atoms with Crippen molar-refractivity contribution in [3.8, 4) is 5.82 Å². The van der Waals surface area contributed by atoms with E-state index in [-0.39, 0.29) is 6.04 Å². The monoisotopic (exact) mass is 278 g/mol. The maximum absolute atomic E-state index is 6.02. The quantitative estimate of drug-likeness (QED) is 0.936. The number of aromatic nitrogens is 3. The molecule has 0 fully saturated rings. The van der Waals surface area contributed by atoms with Crippen LogP contribution in [0.2, 0.25) is 5.02 Å². The molecule has 0 saturated heterocycles. The van der Waals surface area contributed by atoms with Crippen LogP contribution in [0.4, 0.5) is 0 Å². The van der Waals surface area contributed by atoms with Crippen LogP contribution in [0.15, 0.2) is 18.5 Å². The van der Waals surface area contributed by atoms with Crippen LogP contribution in [-0.4, -0.2) is 20.8 Å². The van der Waals surface area contributed by atoms with Crippen LogP contribution in [-0.2, 0) is 6.42 Å². The summed E-state index contributed by atoms with van der Waals surface area (Å²) in [6, 6.07) is 2.30. The van der Waals surface area contributed by atoms with Crippen molar-refractivity contribution in [1.29, 1.82) is 0 Å². The van der Waals surface area contributed by atoms with E-state index in [2.05, 4.69) is 23.1 Å². The van der Waals surface area contributed by atoms with Gasteiger partial charge < -0.3 is 5.73 Å². The van der Waals surface area contributed by atoms with E-state index >= 15 is 0 Å². The fourth-order valence-electron chi connectivity index (χ4n) is 1.97. The second-order valence-electron chi connectivity index (χ2n) is 4.86. The van der Waals surface area contributed by atoms with Crippen molar-refractivity contribution in [2.45, 2.75) is 39.7 Å². The molecule has 0 aliphatic rings. The molecule has 0 aliphatic carbocycles. The van der Waals surface area contributed by atoms with Crippen LogP contribution in [0, 0.1) is 13.8 Å². The number of halogens is 1. The van der Waals surface area contributed by atoms with Gasteiger partial charge in [0.1, 0.15) is 0 Å². The van der Waals surface area contributed by atoms with Crippen molar-refractivity contribution in [3.63, 3.8) is 0 Å². The molecular weight excluding hydrogens is 260 g/mol. The van der Waals surface area contributed by atoms with Gasteiger partial charge in [0.2, 0.25) is 0 Å². The zero-order chi connectivity index (χ0) is 14.0. The van der Waals surface area contributed by atoms with Gasteiger partial charge in [-0.3, -0.25) is 0 Å². The first kappa shape index (κ1) is 14.0. The van der Waals surface area contributed by atoms with Gasteiger partial charge in [-0.25, -0.2) is 9.67 Å². The van der Waals surface area contributed by atoms with Crippen LogP contribution in [0.1, 0.15) is 30.2 Å². The lowest BCUT2D eigenvalue weighted by atomic mass is 10.1. The molecule has 19 heavy (non-hydrogen) atoms. The van der Waals surface area contributed by atoms with Crippen molar-refractivity contribution in [2.75, 3.05) is 0 Å². The molecule has 5 heteroatoms. The minimum atomic E-state index is 0.188. The smallest absolute Gasteiger partial charge is 0.156 e. The number of hydrogen-bond donors (Lipinski definition) is 1. The molecule has 0 bridgehead atoms. The van der Waals surface area contributed by atoms with Crippen molar-refractivity contribution in [1.82, 2.24) is 14.8 Å². The zero-order valence-corrected chi connectivity index (χ0v) is 12.3. The van der Waals surface area contributed by atoms with Gasteiger partial charge in [0, 0.05) is 12.2 Å². The Bertz CT molecular complexity index is 557. The largest absolute Gasteiger partial charge is 0.327 e. The molecule has 2 aromatic rings. The molecular formula is C14H19ClN4. The Morgan fingerprint density at radius 2 is 2.16 bits per heavy atom. The van der Waals surface area contributed by atoms with Crippen LogP contribution >= 0.6 is 11.6 Å². The average molecular weight is 279 g/mol. The summed E-state index contributed by atoms with van der Waals surface area (Å²) in [5.74, 6) is 0.809. The van der Waals surface area contributed by atoms with Crippen molar-refractivity contribution < 1.29 is 0 Å². The summed E-state index contributed by atoms with van der Waals surface area (Å²) < 4.78 is 1.72. The van der Waals surface area contributed by atoms with Gasteiger partial charge in [0.05, 0.1) is 16.9 Å². The number of nitrogens with two attached hydrogens (primary N) is 1. The molecule has 0 aromatic carbocycles. The maximum atomic E-state index is 6.02. The minimum absolute atomic E-state index is 0.188. The van der Waals surface area contributed by atoms with Gasteiger partial charge in [-0.2, -0.15) is 5.10 Å². The summed E-state index contributed by atoms with van der Waals surface area (Å²) in [7, 11) is 0. The Hall–Kier alpha value is -1.39. The Morgan fingerprint density at radius 3 is 2.68 bits per heavy atom. The van der Waals surface area contributed by atoms with Gasteiger partial charge in [-0.05, 0) is 37.8 Å². The highest BCUT2D eigenvalue weighted by Gasteiger charge is 2.09. The molecule has 102 valence electrons. The third-order valence-corrected chi connectivity index (χ3v) is 3.56. The summed E-state index contributed by atoms with van der Waals surface area (Å²) >= 11 is 6.02. The normalized spacial score (nSPS) is 12.7. The molecule has 4 nitrogen and oxygen atoms in total. The van der Waals surface area contributed by atoms with E-state index in [0.717, 1.165) is 35.5 Å². The molecule has 1 atom stereocenters. The standard InChI is InChI=1S/C14H19ClN4/c1-4-12(16)6-11-5-9(2)14(17-7-11)19-8-13(15)10(3)18-19/h5,7-8,12H,4,6,16H2,1-3H3. The Balaban J connectivity index is 2.29. The second-order valence-corrected chi connectivity index (χ2v) is 5.27. The van der Waals surface area contributed by atoms with Gasteiger partial charge in [0.15, 0.2) is 5.82 Å². The predicted molar refractivity (Wildman–Crippen MR) is 77.8 cm³/mol. The highest BCUT2D eigenvalue weighted by atomic mass is 35.5. The summed E-state index contributed by atoms with van der Waals surface area (Å²) in [5.41, 5.74) is 9.00. The number of aryl methyl sites for hydroxylation is 2. The second kappa shape index (κ2) is 5.72. The topological polar surface area (TPSA) is 56.7 Å². The summed E-state index contributed by atoms with van der Waals surface area (Å²) in [6.45, 7) is 5.99. The summed E-state index contributed by atoms with van der Waals surface area (Å²) in [4.78, 5) is 4.48. The van der Waals surface area contributed by atoms with E-state index in [9.17, 15) is 0 Å². The fraction of sp³-hybridized carbons (Fsp3) is 0.429. The van der Waals surface area contributed by atoms with E-state index in [1.165, 1.54) is 0 Å². The molecule has 0 radical (unpaired) electrons. The van der Waals surface area contributed by atoms with Crippen LogP contribution in [0.25, 0.3) is 5.82 Å². The number of rotatable bonds is 4.